The Balaban J connectivity index is 1.96. The second kappa shape index (κ2) is 4.59. The summed E-state index contributed by atoms with van der Waals surface area (Å²) in [5.41, 5.74) is 6.50. The summed E-state index contributed by atoms with van der Waals surface area (Å²) in [6.45, 7) is 0.474. The zero-order valence-electron chi connectivity index (χ0n) is 7.68. The van der Waals surface area contributed by atoms with Gasteiger partial charge in [0, 0.05) is 4.47 Å². The maximum Gasteiger partial charge on any atom is 0.296 e. The van der Waals surface area contributed by atoms with Gasteiger partial charge in [-0.1, -0.05) is 33.2 Å². The quantitative estimate of drug-likeness (QED) is 0.941. The Kier molecular flexibility index (Phi) is 3.17. The number of ether oxygens (including phenoxy) is 1. The van der Waals surface area contributed by atoms with Crippen LogP contribution in [0.25, 0.3) is 0 Å². The van der Waals surface area contributed by atoms with Crippen LogP contribution in [0, 0.1) is 0 Å². The number of nitrogens with two attached hydrogens (primary N) is 1. The van der Waals surface area contributed by atoms with Gasteiger partial charge >= 0.3 is 0 Å². The van der Waals surface area contributed by atoms with Crippen LogP contribution in [0.1, 0.15) is 5.56 Å². The molecule has 0 unspecified atom stereocenters. The number of benzene rings is 1. The third-order valence-electron chi connectivity index (χ3n) is 1.70. The van der Waals surface area contributed by atoms with Crippen LogP contribution in [-0.2, 0) is 6.61 Å². The standard InChI is InChI=1S/C9H8BrN3OS/c10-7-3-1-6(2-4-7)5-14-9-13-12-8(11)15-9/h1-4H,5H2,(H2,11,12). The highest BCUT2D eigenvalue weighted by Crippen LogP contribution is 2.20. The topological polar surface area (TPSA) is 61.0 Å². The zero-order valence-corrected chi connectivity index (χ0v) is 10.1. The van der Waals surface area contributed by atoms with E-state index in [1.54, 1.807) is 0 Å². The molecule has 0 fully saturated rings. The van der Waals surface area contributed by atoms with E-state index in [0.29, 0.717) is 16.9 Å². The first-order chi connectivity index (χ1) is 7.24. The van der Waals surface area contributed by atoms with Crippen molar-refractivity contribution in [3.8, 4) is 5.19 Å². The van der Waals surface area contributed by atoms with Crippen molar-refractivity contribution in [3.05, 3.63) is 34.3 Å². The molecule has 2 N–H and O–H groups in total. The van der Waals surface area contributed by atoms with E-state index >= 15 is 0 Å². The Morgan fingerprint density at radius 1 is 1.27 bits per heavy atom. The van der Waals surface area contributed by atoms with Gasteiger partial charge in [0.05, 0.1) is 0 Å². The van der Waals surface area contributed by atoms with Crippen molar-refractivity contribution < 1.29 is 4.74 Å². The number of nitrogens with zero attached hydrogens (tertiary/aromatic N) is 2. The van der Waals surface area contributed by atoms with Crippen LogP contribution in [-0.4, -0.2) is 10.2 Å². The molecule has 0 saturated heterocycles. The average Bonchev–Trinajstić information content (AvgIpc) is 2.64. The van der Waals surface area contributed by atoms with Crippen molar-refractivity contribution in [2.75, 3.05) is 5.73 Å². The third-order valence-corrected chi connectivity index (χ3v) is 2.89. The first-order valence-electron chi connectivity index (χ1n) is 4.20. The molecule has 0 bridgehead atoms. The summed E-state index contributed by atoms with van der Waals surface area (Å²) in [6.07, 6.45) is 0. The first-order valence-corrected chi connectivity index (χ1v) is 5.81. The van der Waals surface area contributed by atoms with Gasteiger partial charge in [0.1, 0.15) is 6.61 Å². The lowest BCUT2D eigenvalue weighted by atomic mass is 10.2. The van der Waals surface area contributed by atoms with E-state index in [2.05, 4.69) is 26.1 Å². The number of anilines is 1. The minimum Gasteiger partial charge on any atom is -0.464 e. The van der Waals surface area contributed by atoms with Crippen LogP contribution in [0.5, 0.6) is 5.19 Å². The molecule has 2 rings (SSSR count). The lowest BCUT2D eigenvalue weighted by molar-refractivity contribution is 0.302. The normalized spacial score (nSPS) is 10.2. The van der Waals surface area contributed by atoms with Crippen LogP contribution in [0.2, 0.25) is 0 Å². The predicted molar refractivity (Wildman–Crippen MR) is 62.8 cm³/mol. The lowest BCUT2D eigenvalue weighted by Crippen LogP contribution is -1.94. The molecular formula is C9H8BrN3OS. The lowest BCUT2D eigenvalue weighted by Gasteiger charge is -2.01. The minimum absolute atomic E-state index is 0.417. The van der Waals surface area contributed by atoms with Crippen molar-refractivity contribution in [2.24, 2.45) is 0 Å². The van der Waals surface area contributed by atoms with E-state index in [0.717, 1.165) is 10.0 Å². The Hall–Kier alpha value is -1.14. The molecule has 0 spiro atoms. The number of rotatable bonds is 3. The molecule has 0 amide bonds. The molecule has 0 radical (unpaired) electrons. The van der Waals surface area contributed by atoms with Crippen molar-refractivity contribution in [1.82, 2.24) is 10.2 Å². The van der Waals surface area contributed by atoms with Gasteiger partial charge in [-0.15, -0.1) is 5.10 Å². The van der Waals surface area contributed by atoms with E-state index in [1.165, 1.54) is 11.3 Å². The summed E-state index contributed by atoms with van der Waals surface area (Å²) < 4.78 is 6.45. The summed E-state index contributed by atoms with van der Waals surface area (Å²) >= 11 is 4.60. The molecule has 78 valence electrons. The van der Waals surface area contributed by atoms with Gasteiger partial charge in [0.15, 0.2) is 0 Å². The zero-order chi connectivity index (χ0) is 10.7. The van der Waals surface area contributed by atoms with Crippen LogP contribution < -0.4 is 10.5 Å². The second-order valence-electron chi connectivity index (χ2n) is 2.82. The smallest absolute Gasteiger partial charge is 0.296 e. The van der Waals surface area contributed by atoms with Gasteiger partial charge in [-0.3, -0.25) is 0 Å². The summed E-state index contributed by atoms with van der Waals surface area (Å²) in [7, 11) is 0. The highest BCUT2D eigenvalue weighted by Gasteiger charge is 2.01. The van der Waals surface area contributed by atoms with Gasteiger partial charge in [0.25, 0.3) is 5.19 Å². The Bertz CT molecular complexity index is 443. The number of nitrogen functional groups attached to an aromatic ring is 1. The van der Waals surface area contributed by atoms with Gasteiger partial charge in [0.2, 0.25) is 5.13 Å². The fraction of sp³-hybridized carbons (Fsp3) is 0.111. The first kappa shape index (κ1) is 10.4. The number of halogens is 1. The Morgan fingerprint density at radius 2 is 2.00 bits per heavy atom. The number of aromatic nitrogens is 2. The highest BCUT2D eigenvalue weighted by molar-refractivity contribution is 9.10. The van der Waals surface area contributed by atoms with Crippen molar-refractivity contribution in [2.45, 2.75) is 6.61 Å². The SMILES string of the molecule is Nc1nnc(OCc2ccc(Br)cc2)s1. The highest BCUT2D eigenvalue weighted by atomic mass is 79.9. The van der Waals surface area contributed by atoms with Crippen molar-refractivity contribution in [1.29, 1.82) is 0 Å². The summed E-state index contributed by atoms with van der Waals surface area (Å²) in [4.78, 5) is 0. The summed E-state index contributed by atoms with van der Waals surface area (Å²) in [5, 5.41) is 8.33. The largest absolute Gasteiger partial charge is 0.464 e. The predicted octanol–water partition coefficient (Wildman–Crippen LogP) is 2.46. The van der Waals surface area contributed by atoms with Gasteiger partial charge < -0.3 is 10.5 Å². The van der Waals surface area contributed by atoms with E-state index in [1.807, 2.05) is 24.3 Å². The molecule has 0 aliphatic rings. The second-order valence-corrected chi connectivity index (χ2v) is 4.71. The van der Waals surface area contributed by atoms with Crippen LogP contribution in [0.3, 0.4) is 0 Å². The molecule has 0 saturated carbocycles. The van der Waals surface area contributed by atoms with E-state index < -0.39 is 0 Å². The number of hydrogen-bond donors (Lipinski definition) is 1. The Morgan fingerprint density at radius 3 is 2.60 bits per heavy atom. The van der Waals surface area contributed by atoms with Crippen LogP contribution >= 0.6 is 27.3 Å². The van der Waals surface area contributed by atoms with Gasteiger partial charge in [-0.25, -0.2) is 0 Å². The fourth-order valence-electron chi connectivity index (χ4n) is 1.00. The molecule has 15 heavy (non-hydrogen) atoms. The molecular weight excluding hydrogens is 278 g/mol. The molecule has 2 aromatic rings. The molecule has 4 nitrogen and oxygen atoms in total. The summed E-state index contributed by atoms with van der Waals surface area (Å²) in [5.74, 6) is 0. The molecule has 0 aliphatic heterocycles. The molecule has 1 aromatic heterocycles. The molecule has 0 aliphatic carbocycles. The van der Waals surface area contributed by atoms with E-state index in [9.17, 15) is 0 Å². The number of hydrogen-bond acceptors (Lipinski definition) is 5. The van der Waals surface area contributed by atoms with Gasteiger partial charge in [-0.2, -0.15) is 0 Å². The summed E-state index contributed by atoms with van der Waals surface area (Å²) in [6, 6.07) is 7.89. The Labute approximate surface area is 99.2 Å². The average molecular weight is 286 g/mol. The fourth-order valence-corrected chi connectivity index (χ4v) is 1.73. The molecule has 1 aromatic carbocycles. The van der Waals surface area contributed by atoms with Gasteiger partial charge in [-0.05, 0) is 29.0 Å². The van der Waals surface area contributed by atoms with E-state index in [4.69, 9.17) is 10.5 Å². The minimum atomic E-state index is 0.417. The van der Waals surface area contributed by atoms with Crippen molar-refractivity contribution in [3.63, 3.8) is 0 Å². The van der Waals surface area contributed by atoms with Crippen LogP contribution in [0.4, 0.5) is 5.13 Å². The maximum absolute atomic E-state index is 5.43. The van der Waals surface area contributed by atoms with Crippen molar-refractivity contribution >= 4 is 32.4 Å². The third kappa shape index (κ3) is 2.90. The van der Waals surface area contributed by atoms with E-state index in [-0.39, 0.29) is 0 Å². The monoisotopic (exact) mass is 285 g/mol. The molecule has 0 atom stereocenters. The molecule has 1 heterocycles. The van der Waals surface area contributed by atoms with Crippen LogP contribution in [0.15, 0.2) is 28.7 Å². The molecule has 6 heteroatoms. The maximum atomic E-state index is 5.43.